The van der Waals surface area contributed by atoms with Gasteiger partial charge in [-0.1, -0.05) is 25.5 Å². The van der Waals surface area contributed by atoms with E-state index in [1.165, 1.54) is 6.92 Å². The molecule has 2 aliphatic rings. The first-order valence-corrected chi connectivity index (χ1v) is 11.6. The Balaban J connectivity index is 1.67. The fraction of sp³-hybridized carbons (Fsp3) is 0.423. The summed E-state index contributed by atoms with van der Waals surface area (Å²) in [5.74, 6) is 0.807. The minimum Gasteiger partial charge on any atom is -0.497 e. The van der Waals surface area contributed by atoms with Gasteiger partial charge in [-0.05, 0) is 43.5 Å². The monoisotopic (exact) mass is 466 g/mol. The van der Waals surface area contributed by atoms with Gasteiger partial charge >= 0.3 is 0 Å². The standard InChI is InChI=1S/C26H30N2O6/c1-4-5-12-28-24(30)11-10-19(25(28)17-6-8-18(32-3)9-7-17)26(31)27-21-14-23-22(33-15-34-23)13-20(21)16(2)29/h6-9,13-14,19,25H,4-5,10-12,15H2,1-3H3,(H,27,31)/t19-,25+/m1/s1. The minimum absolute atomic E-state index is 0.0471. The number of carbonyl (C=O) groups excluding carboxylic acids is 3. The summed E-state index contributed by atoms with van der Waals surface area (Å²) < 4.78 is 16.1. The highest BCUT2D eigenvalue weighted by molar-refractivity contribution is 6.05. The van der Waals surface area contributed by atoms with Crippen molar-refractivity contribution in [3.05, 3.63) is 47.5 Å². The van der Waals surface area contributed by atoms with Gasteiger partial charge in [-0.25, -0.2) is 0 Å². The molecule has 2 aromatic rings. The molecule has 2 amide bonds. The number of hydrogen-bond acceptors (Lipinski definition) is 6. The first-order valence-electron chi connectivity index (χ1n) is 11.6. The van der Waals surface area contributed by atoms with Crippen LogP contribution in [0.1, 0.15) is 61.5 Å². The summed E-state index contributed by atoms with van der Waals surface area (Å²) in [6.07, 6.45) is 2.51. The van der Waals surface area contributed by atoms with E-state index in [-0.39, 0.29) is 24.4 Å². The van der Waals surface area contributed by atoms with Gasteiger partial charge in [-0.15, -0.1) is 0 Å². The third-order valence-electron chi connectivity index (χ3n) is 6.40. The number of carbonyl (C=O) groups is 3. The van der Waals surface area contributed by atoms with Crippen molar-refractivity contribution in [3.63, 3.8) is 0 Å². The lowest BCUT2D eigenvalue weighted by molar-refractivity contribution is -0.142. The molecule has 2 heterocycles. The molecule has 8 nitrogen and oxygen atoms in total. The van der Waals surface area contributed by atoms with E-state index in [1.54, 1.807) is 19.2 Å². The Morgan fingerprint density at radius 1 is 1.15 bits per heavy atom. The molecule has 2 aliphatic heterocycles. The van der Waals surface area contributed by atoms with E-state index in [0.717, 1.165) is 18.4 Å². The minimum atomic E-state index is -0.479. The number of ketones is 1. The number of hydrogen-bond donors (Lipinski definition) is 1. The lowest BCUT2D eigenvalue weighted by Crippen LogP contribution is -2.47. The van der Waals surface area contributed by atoms with E-state index >= 15 is 0 Å². The number of nitrogens with zero attached hydrogens (tertiary/aromatic N) is 1. The van der Waals surface area contributed by atoms with E-state index in [1.807, 2.05) is 29.2 Å². The Morgan fingerprint density at radius 3 is 2.50 bits per heavy atom. The number of nitrogens with one attached hydrogen (secondary N) is 1. The van der Waals surface area contributed by atoms with Crippen LogP contribution in [0, 0.1) is 5.92 Å². The van der Waals surface area contributed by atoms with Crippen molar-refractivity contribution in [1.82, 2.24) is 4.90 Å². The van der Waals surface area contributed by atoms with Crippen LogP contribution in [-0.4, -0.2) is 42.9 Å². The maximum Gasteiger partial charge on any atom is 0.231 e. The lowest BCUT2D eigenvalue weighted by Gasteiger charge is -2.41. The number of methoxy groups -OCH3 is 1. The molecular weight excluding hydrogens is 436 g/mol. The quantitative estimate of drug-likeness (QED) is 0.582. The zero-order chi connectivity index (χ0) is 24.2. The van der Waals surface area contributed by atoms with Crippen molar-refractivity contribution in [1.29, 1.82) is 0 Å². The van der Waals surface area contributed by atoms with Crippen molar-refractivity contribution in [3.8, 4) is 17.2 Å². The predicted octanol–water partition coefficient (Wildman–Crippen LogP) is 4.35. The molecule has 34 heavy (non-hydrogen) atoms. The molecule has 0 unspecified atom stereocenters. The average Bonchev–Trinajstić information content (AvgIpc) is 3.30. The molecule has 2 aromatic carbocycles. The Labute approximate surface area is 199 Å². The molecule has 0 aliphatic carbocycles. The number of likely N-dealkylation sites (tertiary alicyclic amines) is 1. The lowest BCUT2D eigenvalue weighted by atomic mass is 9.83. The Hall–Kier alpha value is -3.55. The van der Waals surface area contributed by atoms with Crippen LogP contribution in [0.2, 0.25) is 0 Å². The third kappa shape index (κ3) is 4.71. The van der Waals surface area contributed by atoms with E-state index < -0.39 is 12.0 Å². The van der Waals surface area contributed by atoms with Crippen LogP contribution in [-0.2, 0) is 9.59 Å². The Bertz CT molecular complexity index is 1080. The molecule has 0 aromatic heterocycles. The number of benzene rings is 2. The molecule has 180 valence electrons. The number of anilines is 1. The number of rotatable bonds is 8. The van der Waals surface area contributed by atoms with E-state index in [4.69, 9.17) is 14.2 Å². The van der Waals surface area contributed by atoms with Gasteiger partial charge in [-0.3, -0.25) is 14.4 Å². The number of Topliss-reactive ketones (excluding diaryl/α,β-unsaturated/α-hetero) is 1. The molecule has 8 heteroatoms. The maximum absolute atomic E-state index is 13.6. The van der Waals surface area contributed by atoms with E-state index in [0.29, 0.717) is 47.9 Å². The largest absolute Gasteiger partial charge is 0.497 e. The second-order valence-corrected chi connectivity index (χ2v) is 8.60. The van der Waals surface area contributed by atoms with Crippen LogP contribution in [0.4, 0.5) is 5.69 Å². The van der Waals surface area contributed by atoms with E-state index in [9.17, 15) is 14.4 Å². The molecule has 4 rings (SSSR count). The number of amides is 2. The average molecular weight is 467 g/mol. The van der Waals surface area contributed by atoms with Gasteiger partial charge in [0.15, 0.2) is 17.3 Å². The molecule has 1 N–H and O–H groups in total. The Kier molecular flexibility index (Phi) is 7.05. The SMILES string of the molecule is CCCCN1C(=O)CC[C@@H](C(=O)Nc2cc3c(cc2C(C)=O)OCO3)[C@@H]1c1ccc(OC)cc1. The highest BCUT2D eigenvalue weighted by Gasteiger charge is 2.40. The molecule has 0 radical (unpaired) electrons. The summed E-state index contributed by atoms with van der Waals surface area (Å²) in [7, 11) is 1.60. The summed E-state index contributed by atoms with van der Waals surface area (Å²) in [4.78, 5) is 40.6. The second kappa shape index (κ2) is 10.2. The van der Waals surface area contributed by atoms with Gasteiger partial charge in [0, 0.05) is 24.6 Å². The summed E-state index contributed by atoms with van der Waals surface area (Å²) in [6, 6.07) is 10.3. The smallest absolute Gasteiger partial charge is 0.231 e. The van der Waals surface area contributed by atoms with Crippen LogP contribution in [0.5, 0.6) is 17.2 Å². The van der Waals surface area contributed by atoms with Gasteiger partial charge in [-0.2, -0.15) is 0 Å². The van der Waals surface area contributed by atoms with Gasteiger partial charge in [0.05, 0.1) is 24.8 Å². The molecular formula is C26H30N2O6. The summed E-state index contributed by atoms with van der Waals surface area (Å²) in [6.45, 7) is 4.17. The van der Waals surface area contributed by atoms with Crippen molar-refractivity contribution in [2.75, 3.05) is 25.8 Å². The van der Waals surface area contributed by atoms with Crippen molar-refractivity contribution in [2.24, 2.45) is 5.92 Å². The first kappa shape index (κ1) is 23.6. The second-order valence-electron chi connectivity index (χ2n) is 8.60. The van der Waals surface area contributed by atoms with E-state index in [2.05, 4.69) is 12.2 Å². The predicted molar refractivity (Wildman–Crippen MR) is 126 cm³/mol. The highest BCUT2D eigenvalue weighted by atomic mass is 16.7. The number of fused-ring (bicyclic) bond motifs is 1. The number of ether oxygens (including phenoxy) is 3. The van der Waals surface area contributed by atoms with Crippen LogP contribution in [0.25, 0.3) is 0 Å². The fourth-order valence-electron chi connectivity index (χ4n) is 4.59. The van der Waals surface area contributed by atoms with Crippen molar-refractivity contribution < 1.29 is 28.6 Å². The topological polar surface area (TPSA) is 94.2 Å². The number of piperidine rings is 1. The van der Waals surface area contributed by atoms with Gasteiger partial charge in [0.2, 0.25) is 18.6 Å². The zero-order valence-corrected chi connectivity index (χ0v) is 19.8. The third-order valence-corrected chi connectivity index (χ3v) is 6.40. The fourth-order valence-corrected chi connectivity index (χ4v) is 4.59. The zero-order valence-electron chi connectivity index (χ0n) is 19.8. The molecule has 0 spiro atoms. The van der Waals surface area contributed by atoms with Crippen LogP contribution < -0.4 is 19.5 Å². The normalized spacial score (nSPS) is 19.1. The van der Waals surface area contributed by atoms with Gasteiger partial charge in [0.1, 0.15) is 5.75 Å². The molecule has 0 bridgehead atoms. The van der Waals surface area contributed by atoms with Crippen molar-refractivity contribution in [2.45, 2.75) is 45.6 Å². The molecule has 1 fully saturated rings. The highest BCUT2D eigenvalue weighted by Crippen LogP contribution is 2.40. The van der Waals surface area contributed by atoms with Crippen LogP contribution >= 0.6 is 0 Å². The van der Waals surface area contributed by atoms with Gasteiger partial charge in [0.25, 0.3) is 0 Å². The van der Waals surface area contributed by atoms with Crippen LogP contribution in [0.15, 0.2) is 36.4 Å². The summed E-state index contributed by atoms with van der Waals surface area (Å²) >= 11 is 0. The number of unbranched alkanes of at least 4 members (excludes halogenated alkanes) is 1. The molecule has 1 saturated heterocycles. The van der Waals surface area contributed by atoms with Crippen LogP contribution in [0.3, 0.4) is 0 Å². The Morgan fingerprint density at radius 2 is 1.85 bits per heavy atom. The van der Waals surface area contributed by atoms with Crippen molar-refractivity contribution >= 4 is 23.3 Å². The van der Waals surface area contributed by atoms with Gasteiger partial charge < -0.3 is 24.4 Å². The summed E-state index contributed by atoms with van der Waals surface area (Å²) in [5.41, 5.74) is 1.61. The molecule has 2 atom stereocenters. The summed E-state index contributed by atoms with van der Waals surface area (Å²) in [5, 5.41) is 2.95. The first-order chi connectivity index (χ1) is 16.4. The maximum atomic E-state index is 13.6. The molecule has 0 saturated carbocycles.